The number of esters is 4. The molecule has 2 aromatic rings. The average molecular weight is 594 g/mol. The molecule has 2 unspecified atom stereocenters. The van der Waals surface area contributed by atoms with Crippen molar-refractivity contribution in [1.82, 2.24) is 5.32 Å². The van der Waals surface area contributed by atoms with Crippen LogP contribution in [0.2, 0.25) is 5.02 Å². The number of rotatable bonds is 12. The van der Waals surface area contributed by atoms with Crippen molar-refractivity contribution >= 4 is 35.5 Å². The Morgan fingerprint density at radius 3 is 2.05 bits per heavy atom. The Labute approximate surface area is 241 Å². The third-order valence-electron chi connectivity index (χ3n) is 6.12. The molecule has 0 radical (unpaired) electrons. The number of hydrogen-bond acceptors (Lipinski definition) is 12. The quantitative estimate of drug-likeness (QED) is 0.211. The summed E-state index contributed by atoms with van der Waals surface area (Å²) in [6, 6.07) is 11.6. The van der Waals surface area contributed by atoms with Crippen molar-refractivity contribution in [2.45, 2.75) is 57.3 Å². The zero-order valence-electron chi connectivity index (χ0n) is 23.2. The van der Waals surface area contributed by atoms with Gasteiger partial charge in [-0.25, -0.2) is 19.2 Å². The predicted molar refractivity (Wildman–Crippen MR) is 143 cm³/mol. The van der Waals surface area contributed by atoms with Crippen LogP contribution in [0.4, 0.5) is 0 Å². The molecule has 2 aromatic carbocycles. The maximum atomic E-state index is 13.1. The number of methoxy groups -OCH3 is 2. The SMILES string of the molecule is COC(=O)C(C)OC(=O)C1(C(=O)OC(C)C(=O)OC)Oc2ccc(C[C@@H](C)NC[C@H](O)c3cccc(Cl)c3)cc2O1. The molecule has 1 aliphatic heterocycles. The second kappa shape index (κ2) is 13.7. The van der Waals surface area contributed by atoms with Gasteiger partial charge in [0.2, 0.25) is 0 Å². The van der Waals surface area contributed by atoms with E-state index >= 15 is 0 Å². The van der Waals surface area contributed by atoms with Crippen LogP contribution in [0.1, 0.15) is 38.0 Å². The zero-order valence-corrected chi connectivity index (χ0v) is 23.9. The van der Waals surface area contributed by atoms with Crippen LogP contribution >= 0.6 is 11.6 Å². The number of aliphatic hydroxyl groups excluding tert-OH is 1. The van der Waals surface area contributed by atoms with E-state index in [1.54, 1.807) is 36.4 Å². The van der Waals surface area contributed by atoms with Crippen LogP contribution in [0, 0.1) is 0 Å². The van der Waals surface area contributed by atoms with Crippen LogP contribution in [0.5, 0.6) is 11.5 Å². The highest BCUT2D eigenvalue weighted by Crippen LogP contribution is 2.41. The Balaban J connectivity index is 1.75. The molecule has 12 nitrogen and oxygen atoms in total. The topological polar surface area (TPSA) is 156 Å². The zero-order chi connectivity index (χ0) is 30.3. The minimum absolute atomic E-state index is 0.0242. The molecule has 0 spiro atoms. The lowest BCUT2D eigenvalue weighted by atomic mass is 10.1. The number of carbonyl (C=O) groups is 4. The highest BCUT2D eigenvalue weighted by Gasteiger charge is 2.61. The minimum Gasteiger partial charge on any atom is -0.466 e. The molecular formula is C28H32ClNO11. The van der Waals surface area contributed by atoms with Gasteiger partial charge in [-0.05, 0) is 62.6 Å². The highest BCUT2D eigenvalue weighted by atomic mass is 35.5. The lowest BCUT2D eigenvalue weighted by molar-refractivity contribution is -0.211. The molecule has 3 rings (SSSR count). The van der Waals surface area contributed by atoms with Crippen molar-refractivity contribution in [1.29, 1.82) is 0 Å². The molecule has 0 saturated heterocycles. The molecule has 2 N–H and O–H groups in total. The van der Waals surface area contributed by atoms with E-state index in [0.29, 0.717) is 17.0 Å². The first-order valence-electron chi connectivity index (χ1n) is 12.7. The van der Waals surface area contributed by atoms with Crippen molar-refractivity contribution in [2.75, 3.05) is 20.8 Å². The Bertz CT molecular complexity index is 1250. The summed E-state index contributed by atoms with van der Waals surface area (Å²) in [5, 5.41) is 14.2. The molecule has 13 heteroatoms. The summed E-state index contributed by atoms with van der Waals surface area (Å²) < 4.78 is 30.6. The number of carbonyl (C=O) groups excluding carboxylic acids is 4. The first-order chi connectivity index (χ1) is 19.4. The van der Waals surface area contributed by atoms with E-state index in [1.165, 1.54) is 19.9 Å². The molecule has 0 fully saturated rings. The monoisotopic (exact) mass is 593 g/mol. The number of nitrogens with one attached hydrogen (secondary N) is 1. The molecule has 4 atom stereocenters. The molecule has 0 aliphatic carbocycles. The van der Waals surface area contributed by atoms with Crippen LogP contribution in [0.3, 0.4) is 0 Å². The summed E-state index contributed by atoms with van der Waals surface area (Å²) in [7, 11) is 2.20. The molecule has 0 saturated carbocycles. The van der Waals surface area contributed by atoms with Crippen LogP contribution in [-0.4, -0.2) is 73.8 Å². The molecule has 0 aromatic heterocycles. The Hall–Kier alpha value is -3.87. The maximum Gasteiger partial charge on any atom is 0.453 e. The van der Waals surface area contributed by atoms with Crippen LogP contribution < -0.4 is 14.8 Å². The Morgan fingerprint density at radius 1 is 0.902 bits per heavy atom. The van der Waals surface area contributed by atoms with Crippen molar-refractivity contribution in [3.05, 3.63) is 58.6 Å². The minimum atomic E-state index is -2.80. The summed E-state index contributed by atoms with van der Waals surface area (Å²) in [5.74, 6) is -7.29. The van der Waals surface area contributed by atoms with Gasteiger partial charge >= 0.3 is 29.7 Å². The second-order valence-corrected chi connectivity index (χ2v) is 9.76. The van der Waals surface area contributed by atoms with Gasteiger partial charge in [0.1, 0.15) is 0 Å². The third-order valence-corrected chi connectivity index (χ3v) is 6.36. The van der Waals surface area contributed by atoms with Gasteiger partial charge in [-0.15, -0.1) is 0 Å². The van der Waals surface area contributed by atoms with Crippen molar-refractivity contribution in [2.24, 2.45) is 0 Å². The summed E-state index contributed by atoms with van der Waals surface area (Å²) in [6.07, 6.45) is -3.11. The van der Waals surface area contributed by atoms with Crippen molar-refractivity contribution in [3.8, 4) is 11.5 Å². The van der Waals surface area contributed by atoms with Gasteiger partial charge in [0.15, 0.2) is 23.7 Å². The Morgan fingerprint density at radius 2 is 1.49 bits per heavy atom. The molecule has 1 aliphatic rings. The first kappa shape index (κ1) is 31.7. The fourth-order valence-electron chi connectivity index (χ4n) is 3.90. The fourth-order valence-corrected chi connectivity index (χ4v) is 4.10. The van der Waals surface area contributed by atoms with Crippen LogP contribution in [0.15, 0.2) is 42.5 Å². The standard InChI is InChI=1S/C28H32ClNO11/c1-15(30-14-21(31)19-7-6-8-20(29)13-19)11-18-9-10-22-23(12-18)41-28(40-22,26(34)38-16(2)24(32)36-4)27(35)39-17(3)25(33)37-5/h6-10,12-13,15-17,21,30-31H,11,14H2,1-5H3/t15-,16?,17?,21+,28?/m1/s1. The van der Waals surface area contributed by atoms with Crippen LogP contribution in [0.25, 0.3) is 0 Å². The summed E-state index contributed by atoms with van der Waals surface area (Å²) in [6.45, 7) is 4.65. The number of halogens is 1. The number of ether oxygens (including phenoxy) is 6. The Kier molecular flexibility index (Phi) is 10.5. The molecule has 1 heterocycles. The third kappa shape index (κ3) is 7.66. The van der Waals surface area contributed by atoms with Gasteiger partial charge in [0.05, 0.1) is 20.3 Å². The van der Waals surface area contributed by atoms with E-state index in [-0.39, 0.29) is 24.1 Å². The van der Waals surface area contributed by atoms with Gasteiger partial charge in [-0.3, -0.25) is 0 Å². The smallest absolute Gasteiger partial charge is 0.453 e. The van der Waals surface area contributed by atoms with E-state index in [1.807, 2.05) is 6.92 Å². The fraction of sp³-hybridized carbons (Fsp3) is 0.429. The number of fused-ring (bicyclic) bond motifs is 1. The van der Waals surface area contributed by atoms with Gasteiger partial charge < -0.3 is 38.8 Å². The van der Waals surface area contributed by atoms with Gasteiger partial charge in [-0.2, -0.15) is 0 Å². The lowest BCUT2D eigenvalue weighted by Crippen LogP contribution is -2.57. The van der Waals surface area contributed by atoms with Gasteiger partial charge in [0, 0.05) is 17.6 Å². The van der Waals surface area contributed by atoms with Gasteiger partial charge in [-0.1, -0.05) is 29.8 Å². The van der Waals surface area contributed by atoms with E-state index in [2.05, 4.69) is 14.8 Å². The summed E-state index contributed by atoms with van der Waals surface area (Å²) >= 11 is 6.00. The number of aliphatic hydroxyl groups is 1. The van der Waals surface area contributed by atoms with Crippen molar-refractivity contribution < 1.29 is 52.7 Å². The molecular weight excluding hydrogens is 562 g/mol. The molecule has 222 valence electrons. The van der Waals surface area contributed by atoms with E-state index in [9.17, 15) is 24.3 Å². The van der Waals surface area contributed by atoms with E-state index < -0.39 is 48.0 Å². The highest BCUT2D eigenvalue weighted by molar-refractivity contribution is 6.30. The molecule has 0 bridgehead atoms. The van der Waals surface area contributed by atoms with Crippen molar-refractivity contribution in [3.63, 3.8) is 0 Å². The normalized spacial score (nSPS) is 18.4. The predicted octanol–water partition coefficient (Wildman–Crippen LogP) is 2.27. The first-order valence-corrected chi connectivity index (χ1v) is 13.0. The second-order valence-electron chi connectivity index (χ2n) is 9.33. The largest absolute Gasteiger partial charge is 0.466 e. The number of benzene rings is 2. The lowest BCUT2D eigenvalue weighted by Gasteiger charge is -2.25. The van der Waals surface area contributed by atoms with Gasteiger partial charge in [0.25, 0.3) is 0 Å². The van der Waals surface area contributed by atoms with Crippen LogP contribution in [-0.2, 0) is 44.5 Å². The summed E-state index contributed by atoms with van der Waals surface area (Å²) in [5.41, 5.74) is 1.42. The number of hydrogen-bond donors (Lipinski definition) is 2. The van der Waals surface area contributed by atoms with E-state index in [4.69, 9.17) is 30.5 Å². The molecule has 0 amide bonds. The average Bonchev–Trinajstić information content (AvgIpc) is 3.35. The van der Waals surface area contributed by atoms with E-state index in [0.717, 1.165) is 19.8 Å². The molecule has 41 heavy (non-hydrogen) atoms. The maximum absolute atomic E-state index is 13.1. The summed E-state index contributed by atoms with van der Waals surface area (Å²) in [4.78, 5) is 49.9.